The monoisotopic (exact) mass is 271 g/mol. The van der Waals surface area contributed by atoms with E-state index in [9.17, 15) is 19.5 Å². The average molecular weight is 271 g/mol. The summed E-state index contributed by atoms with van der Waals surface area (Å²) in [6.45, 7) is 4.96. The molecular formula is C12H21N3O4. The van der Waals surface area contributed by atoms with Crippen molar-refractivity contribution in [2.24, 2.45) is 17.6 Å². The largest absolute Gasteiger partial charge is 0.480 e. The first kappa shape index (κ1) is 15.3. The van der Waals surface area contributed by atoms with Gasteiger partial charge in [-0.2, -0.15) is 0 Å². The number of nitrogens with one attached hydrogen (secondary N) is 2. The van der Waals surface area contributed by atoms with Gasteiger partial charge in [0.15, 0.2) is 0 Å². The lowest BCUT2D eigenvalue weighted by Gasteiger charge is -2.28. The Balaban J connectivity index is 2.68. The lowest BCUT2D eigenvalue weighted by molar-refractivity contribution is -0.144. The van der Waals surface area contributed by atoms with Gasteiger partial charge >= 0.3 is 12.0 Å². The number of aliphatic carboxylic acids is 1. The van der Waals surface area contributed by atoms with Gasteiger partial charge in [0.05, 0.1) is 0 Å². The SMILES string of the molecule is CC(C)C(NC(=O)NC(C)(C(=O)O)C1CC1)C(N)=O. The van der Waals surface area contributed by atoms with Gasteiger partial charge in [-0.1, -0.05) is 13.8 Å². The third kappa shape index (κ3) is 3.59. The van der Waals surface area contributed by atoms with Crippen molar-refractivity contribution in [1.82, 2.24) is 10.6 Å². The standard InChI is InChI=1S/C12H21N3O4/c1-6(2)8(9(13)16)14-11(19)15-12(3,10(17)18)7-4-5-7/h6-8H,4-5H2,1-3H3,(H2,13,16)(H,17,18)(H2,14,15,19). The van der Waals surface area contributed by atoms with Crippen LogP contribution in [-0.4, -0.2) is 34.6 Å². The van der Waals surface area contributed by atoms with Crippen molar-refractivity contribution in [3.05, 3.63) is 0 Å². The number of hydrogen-bond acceptors (Lipinski definition) is 3. The van der Waals surface area contributed by atoms with Crippen LogP contribution < -0.4 is 16.4 Å². The van der Waals surface area contributed by atoms with E-state index in [0.717, 1.165) is 12.8 Å². The lowest BCUT2D eigenvalue weighted by Crippen LogP contribution is -2.60. The summed E-state index contributed by atoms with van der Waals surface area (Å²) in [6.07, 6.45) is 1.54. The van der Waals surface area contributed by atoms with Crippen molar-refractivity contribution >= 4 is 17.9 Å². The molecule has 0 heterocycles. The second-order valence-corrected chi connectivity index (χ2v) is 5.50. The predicted octanol–water partition coefficient (Wildman–Crippen LogP) is 0.0488. The number of carboxylic acid groups (broad SMARTS) is 1. The van der Waals surface area contributed by atoms with Gasteiger partial charge in [0.2, 0.25) is 5.91 Å². The Bertz CT molecular complexity index is 392. The summed E-state index contributed by atoms with van der Waals surface area (Å²) in [6, 6.07) is -1.51. The minimum Gasteiger partial charge on any atom is -0.480 e. The number of nitrogens with two attached hydrogens (primary N) is 1. The van der Waals surface area contributed by atoms with Gasteiger partial charge in [-0.15, -0.1) is 0 Å². The zero-order valence-electron chi connectivity index (χ0n) is 11.4. The van der Waals surface area contributed by atoms with Crippen LogP contribution in [0.1, 0.15) is 33.6 Å². The van der Waals surface area contributed by atoms with E-state index in [0.29, 0.717) is 0 Å². The maximum Gasteiger partial charge on any atom is 0.329 e. The first-order valence-electron chi connectivity index (χ1n) is 6.30. The second kappa shape index (κ2) is 5.46. The Labute approximate surface area is 111 Å². The number of hydrogen-bond donors (Lipinski definition) is 4. The number of urea groups is 1. The van der Waals surface area contributed by atoms with Crippen molar-refractivity contribution in [2.45, 2.75) is 45.2 Å². The molecule has 1 aliphatic carbocycles. The lowest BCUT2D eigenvalue weighted by atomic mass is 9.96. The molecule has 0 aliphatic heterocycles. The van der Waals surface area contributed by atoms with Gasteiger partial charge in [0, 0.05) is 0 Å². The van der Waals surface area contributed by atoms with Crippen molar-refractivity contribution < 1.29 is 19.5 Å². The molecule has 0 aromatic rings. The maximum absolute atomic E-state index is 11.8. The van der Waals surface area contributed by atoms with Crippen LogP contribution in [-0.2, 0) is 9.59 Å². The molecule has 0 radical (unpaired) electrons. The topological polar surface area (TPSA) is 122 Å². The number of primary amides is 1. The zero-order chi connectivity index (χ0) is 14.8. The number of carbonyl (C=O) groups is 3. The van der Waals surface area contributed by atoms with Crippen LogP contribution in [0, 0.1) is 11.8 Å². The van der Waals surface area contributed by atoms with Crippen molar-refractivity contribution in [3.63, 3.8) is 0 Å². The molecule has 2 atom stereocenters. The molecule has 1 fully saturated rings. The van der Waals surface area contributed by atoms with E-state index in [2.05, 4.69) is 10.6 Å². The van der Waals surface area contributed by atoms with Gasteiger partial charge in [-0.3, -0.25) is 4.79 Å². The predicted molar refractivity (Wildman–Crippen MR) is 68.3 cm³/mol. The Morgan fingerprint density at radius 2 is 1.84 bits per heavy atom. The highest BCUT2D eigenvalue weighted by molar-refractivity contribution is 5.90. The molecule has 7 heteroatoms. The average Bonchev–Trinajstić information content (AvgIpc) is 3.08. The Kier molecular flexibility index (Phi) is 4.39. The summed E-state index contributed by atoms with van der Waals surface area (Å²) in [7, 11) is 0. The van der Waals surface area contributed by atoms with E-state index < -0.39 is 29.5 Å². The van der Waals surface area contributed by atoms with E-state index in [4.69, 9.17) is 5.73 Å². The van der Waals surface area contributed by atoms with E-state index >= 15 is 0 Å². The fourth-order valence-corrected chi connectivity index (χ4v) is 1.97. The van der Waals surface area contributed by atoms with Crippen LogP contribution in [0.15, 0.2) is 0 Å². The van der Waals surface area contributed by atoms with Crippen molar-refractivity contribution in [3.8, 4) is 0 Å². The minimum absolute atomic E-state index is 0.0678. The molecule has 1 aliphatic rings. The molecule has 7 nitrogen and oxygen atoms in total. The number of amides is 3. The summed E-state index contributed by atoms with van der Waals surface area (Å²) in [5.74, 6) is -1.96. The molecule has 3 amide bonds. The molecule has 0 spiro atoms. The van der Waals surface area contributed by atoms with Crippen molar-refractivity contribution in [2.75, 3.05) is 0 Å². The minimum atomic E-state index is -1.30. The van der Waals surface area contributed by atoms with Crippen molar-refractivity contribution in [1.29, 1.82) is 0 Å². The third-order valence-corrected chi connectivity index (χ3v) is 3.47. The summed E-state index contributed by atoms with van der Waals surface area (Å²) in [5, 5.41) is 14.1. The van der Waals surface area contributed by atoms with Gasteiger partial charge in [0.1, 0.15) is 11.6 Å². The summed E-state index contributed by atoms with van der Waals surface area (Å²) in [5.41, 5.74) is 3.88. The van der Waals surface area contributed by atoms with Gasteiger partial charge in [0.25, 0.3) is 0 Å². The quantitative estimate of drug-likeness (QED) is 0.545. The number of carbonyl (C=O) groups excluding carboxylic acids is 2. The van der Waals surface area contributed by atoms with E-state index in [1.165, 1.54) is 6.92 Å². The fourth-order valence-electron chi connectivity index (χ4n) is 1.97. The van der Waals surface area contributed by atoms with Crippen LogP contribution in [0.3, 0.4) is 0 Å². The molecule has 1 rings (SSSR count). The second-order valence-electron chi connectivity index (χ2n) is 5.50. The first-order chi connectivity index (χ1) is 8.68. The Hall–Kier alpha value is -1.79. The molecule has 1 saturated carbocycles. The molecule has 19 heavy (non-hydrogen) atoms. The highest BCUT2D eigenvalue weighted by Crippen LogP contribution is 2.39. The van der Waals surface area contributed by atoms with Crippen LogP contribution in [0.2, 0.25) is 0 Å². The summed E-state index contributed by atoms with van der Waals surface area (Å²) in [4.78, 5) is 34.3. The molecule has 2 unspecified atom stereocenters. The molecule has 0 aromatic heterocycles. The van der Waals surface area contributed by atoms with Crippen LogP contribution in [0.4, 0.5) is 4.79 Å². The number of carboxylic acids is 1. The summed E-state index contributed by atoms with van der Waals surface area (Å²) >= 11 is 0. The normalized spacial score (nSPS) is 19.4. The number of rotatable bonds is 6. The zero-order valence-corrected chi connectivity index (χ0v) is 11.4. The van der Waals surface area contributed by atoms with Gasteiger partial charge in [-0.05, 0) is 31.6 Å². The van der Waals surface area contributed by atoms with Crippen LogP contribution in [0.5, 0.6) is 0 Å². The molecule has 108 valence electrons. The molecule has 5 N–H and O–H groups in total. The van der Waals surface area contributed by atoms with Gasteiger partial charge < -0.3 is 21.5 Å². The highest BCUT2D eigenvalue weighted by atomic mass is 16.4. The van der Waals surface area contributed by atoms with E-state index in [-0.39, 0.29) is 11.8 Å². The Morgan fingerprint density at radius 3 is 2.16 bits per heavy atom. The van der Waals surface area contributed by atoms with Crippen LogP contribution in [0.25, 0.3) is 0 Å². The molecule has 0 saturated heterocycles. The maximum atomic E-state index is 11.8. The molecular weight excluding hydrogens is 250 g/mol. The smallest absolute Gasteiger partial charge is 0.329 e. The molecule has 0 bridgehead atoms. The molecule has 0 aromatic carbocycles. The summed E-state index contributed by atoms with van der Waals surface area (Å²) < 4.78 is 0. The first-order valence-corrected chi connectivity index (χ1v) is 6.30. The van der Waals surface area contributed by atoms with E-state index in [1.54, 1.807) is 13.8 Å². The third-order valence-electron chi connectivity index (χ3n) is 3.47. The van der Waals surface area contributed by atoms with Gasteiger partial charge in [-0.25, -0.2) is 9.59 Å². The highest BCUT2D eigenvalue weighted by Gasteiger charge is 2.48. The Morgan fingerprint density at radius 1 is 1.32 bits per heavy atom. The van der Waals surface area contributed by atoms with E-state index in [1.807, 2.05) is 0 Å². The van der Waals surface area contributed by atoms with Crippen LogP contribution >= 0.6 is 0 Å². The fraction of sp³-hybridized carbons (Fsp3) is 0.750.